The van der Waals surface area contributed by atoms with Crippen molar-refractivity contribution in [3.05, 3.63) is 69.4 Å². The molecule has 5 nitrogen and oxygen atoms in total. The summed E-state index contributed by atoms with van der Waals surface area (Å²) in [5.41, 5.74) is 1.61. The fraction of sp³-hybridized carbons (Fsp3) is 0.167. The van der Waals surface area contributed by atoms with Crippen LogP contribution >= 0.6 is 22.7 Å². The van der Waals surface area contributed by atoms with E-state index in [0.717, 1.165) is 10.4 Å². The SMILES string of the molecule is O=C(Cc1csc(NC(=O)Cc2ccccc2)n1)NCc1cccs1. The Kier molecular flexibility index (Phi) is 5.92. The van der Waals surface area contributed by atoms with Gasteiger partial charge in [-0.1, -0.05) is 36.4 Å². The van der Waals surface area contributed by atoms with Gasteiger partial charge in [0.2, 0.25) is 11.8 Å². The van der Waals surface area contributed by atoms with E-state index in [1.807, 2.05) is 47.8 Å². The van der Waals surface area contributed by atoms with Gasteiger partial charge in [0, 0.05) is 10.3 Å². The van der Waals surface area contributed by atoms with E-state index in [9.17, 15) is 9.59 Å². The summed E-state index contributed by atoms with van der Waals surface area (Å²) in [4.78, 5) is 29.4. The van der Waals surface area contributed by atoms with Gasteiger partial charge in [-0.05, 0) is 17.0 Å². The molecule has 0 spiro atoms. The lowest BCUT2D eigenvalue weighted by molar-refractivity contribution is -0.120. The summed E-state index contributed by atoms with van der Waals surface area (Å²) in [6, 6.07) is 13.5. The highest BCUT2D eigenvalue weighted by molar-refractivity contribution is 7.14. The van der Waals surface area contributed by atoms with Crippen LogP contribution in [0.15, 0.2) is 53.2 Å². The predicted octanol–water partition coefficient (Wildman–Crippen LogP) is 3.24. The monoisotopic (exact) mass is 371 g/mol. The summed E-state index contributed by atoms with van der Waals surface area (Å²) < 4.78 is 0. The van der Waals surface area contributed by atoms with Gasteiger partial charge in [0.05, 0.1) is 25.1 Å². The summed E-state index contributed by atoms with van der Waals surface area (Å²) in [6.45, 7) is 0.529. The van der Waals surface area contributed by atoms with Crippen molar-refractivity contribution in [1.29, 1.82) is 0 Å². The first kappa shape index (κ1) is 17.3. The molecule has 0 unspecified atom stereocenters. The van der Waals surface area contributed by atoms with Crippen molar-refractivity contribution in [2.45, 2.75) is 19.4 Å². The Bertz CT molecular complexity index is 829. The third-order valence-electron chi connectivity index (χ3n) is 3.39. The zero-order chi connectivity index (χ0) is 17.5. The van der Waals surface area contributed by atoms with Crippen molar-refractivity contribution in [2.75, 3.05) is 5.32 Å². The Morgan fingerprint density at radius 3 is 2.56 bits per heavy atom. The summed E-state index contributed by atoms with van der Waals surface area (Å²) in [6.07, 6.45) is 0.507. The molecule has 128 valence electrons. The maximum absolute atomic E-state index is 12.0. The van der Waals surface area contributed by atoms with Crippen LogP contribution in [0.3, 0.4) is 0 Å². The molecule has 0 atom stereocenters. The number of hydrogen-bond acceptors (Lipinski definition) is 5. The Morgan fingerprint density at radius 2 is 1.80 bits per heavy atom. The number of nitrogens with one attached hydrogen (secondary N) is 2. The Hall–Kier alpha value is -2.51. The number of anilines is 1. The molecular formula is C18H17N3O2S2. The fourth-order valence-electron chi connectivity index (χ4n) is 2.22. The molecule has 0 aliphatic carbocycles. The number of hydrogen-bond donors (Lipinski definition) is 2. The molecule has 0 saturated carbocycles. The maximum atomic E-state index is 12.0. The summed E-state index contributed by atoms with van der Waals surface area (Å²) in [7, 11) is 0. The quantitative estimate of drug-likeness (QED) is 0.670. The van der Waals surface area contributed by atoms with E-state index in [1.54, 1.807) is 16.7 Å². The van der Waals surface area contributed by atoms with Crippen molar-refractivity contribution >= 4 is 39.6 Å². The van der Waals surface area contributed by atoms with E-state index >= 15 is 0 Å². The normalized spacial score (nSPS) is 10.4. The minimum absolute atomic E-state index is 0.0825. The highest BCUT2D eigenvalue weighted by Crippen LogP contribution is 2.16. The lowest BCUT2D eigenvalue weighted by atomic mass is 10.1. The minimum Gasteiger partial charge on any atom is -0.351 e. The van der Waals surface area contributed by atoms with Crippen molar-refractivity contribution in [3.63, 3.8) is 0 Å². The number of amides is 2. The molecule has 0 aliphatic heterocycles. The van der Waals surface area contributed by atoms with Crippen LogP contribution in [0.4, 0.5) is 5.13 Å². The Balaban J connectivity index is 1.46. The topological polar surface area (TPSA) is 71.1 Å². The zero-order valence-electron chi connectivity index (χ0n) is 13.4. The number of carbonyl (C=O) groups is 2. The van der Waals surface area contributed by atoms with E-state index < -0.39 is 0 Å². The average molecular weight is 371 g/mol. The van der Waals surface area contributed by atoms with Crippen LogP contribution in [-0.4, -0.2) is 16.8 Å². The number of nitrogens with zero attached hydrogens (tertiary/aromatic N) is 1. The van der Waals surface area contributed by atoms with Crippen molar-refractivity contribution in [1.82, 2.24) is 10.3 Å². The molecule has 2 heterocycles. The van der Waals surface area contributed by atoms with Gasteiger partial charge < -0.3 is 10.6 Å². The van der Waals surface area contributed by atoms with Gasteiger partial charge >= 0.3 is 0 Å². The predicted molar refractivity (Wildman–Crippen MR) is 101 cm³/mol. The summed E-state index contributed by atoms with van der Waals surface area (Å²) in [5, 5.41) is 9.93. The molecule has 0 fully saturated rings. The van der Waals surface area contributed by atoms with Gasteiger partial charge in [-0.2, -0.15) is 0 Å². The van der Waals surface area contributed by atoms with Crippen molar-refractivity contribution < 1.29 is 9.59 Å². The molecule has 3 aromatic rings. The third-order valence-corrected chi connectivity index (χ3v) is 5.07. The van der Waals surface area contributed by atoms with Crippen LogP contribution < -0.4 is 10.6 Å². The zero-order valence-corrected chi connectivity index (χ0v) is 15.0. The highest BCUT2D eigenvalue weighted by Gasteiger charge is 2.10. The van der Waals surface area contributed by atoms with Crippen LogP contribution in [0.1, 0.15) is 16.1 Å². The first-order valence-corrected chi connectivity index (χ1v) is 9.52. The summed E-state index contributed by atoms with van der Waals surface area (Å²) in [5.74, 6) is -0.199. The van der Waals surface area contributed by atoms with Gasteiger partial charge in [-0.3, -0.25) is 9.59 Å². The maximum Gasteiger partial charge on any atom is 0.230 e. The molecule has 2 aromatic heterocycles. The van der Waals surface area contributed by atoms with Gasteiger partial charge in [-0.15, -0.1) is 22.7 Å². The second-order valence-corrected chi connectivity index (χ2v) is 7.28. The van der Waals surface area contributed by atoms with Crippen LogP contribution in [0.5, 0.6) is 0 Å². The molecule has 0 saturated heterocycles. The third kappa shape index (κ3) is 5.51. The van der Waals surface area contributed by atoms with Crippen molar-refractivity contribution in [3.8, 4) is 0 Å². The molecule has 2 N–H and O–H groups in total. The molecule has 3 rings (SSSR count). The average Bonchev–Trinajstić information content (AvgIpc) is 3.26. The van der Waals surface area contributed by atoms with E-state index in [0.29, 0.717) is 23.8 Å². The Morgan fingerprint density at radius 1 is 0.960 bits per heavy atom. The Labute approximate surface area is 153 Å². The van der Waals surface area contributed by atoms with Crippen LogP contribution in [0, 0.1) is 0 Å². The number of carbonyl (C=O) groups excluding carboxylic acids is 2. The van der Waals surface area contributed by atoms with Gasteiger partial charge in [0.25, 0.3) is 0 Å². The second kappa shape index (κ2) is 8.55. The van der Waals surface area contributed by atoms with Crippen molar-refractivity contribution in [2.24, 2.45) is 0 Å². The van der Waals surface area contributed by atoms with Crippen LogP contribution in [-0.2, 0) is 29.0 Å². The molecule has 0 bridgehead atoms. The second-order valence-electron chi connectivity index (χ2n) is 5.39. The molecule has 2 amide bonds. The largest absolute Gasteiger partial charge is 0.351 e. The molecule has 0 radical (unpaired) electrons. The molecule has 1 aromatic carbocycles. The standard InChI is InChI=1S/C18H17N3O2S2/c22-16(19-11-15-7-4-8-24-15)10-14-12-25-18(20-14)21-17(23)9-13-5-2-1-3-6-13/h1-8,12H,9-11H2,(H,19,22)(H,20,21,23). The number of benzene rings is 1. The lowest BCUT2D eigenvalue weighted by Gasteiger charge is -2.02. The number of thiazole rings is 1. The summed E-state index contributed by atoms with van der Waals surface area (Å²) >= 11 is 2.93. The number of thiophene rings is 1. The van der Waals surface area contributed by atoms with Gasteiger partial charge in [-0.25, -0.2) is 4.98 Å². The van der Waals surface area contributed by atoms with E-state index in [4.69, 9.17) is 0 Å². The minimum atomic E-state index is -0.116. The fourth-order valence-corrected chi connectivity index (χ4v) is 3.59. The molecule has 25 heavy (non-hydrogen) atoms. The van der Waals surface area contributed by atoms with Gasteiger partial charge in [0.1, 0.15) is 0 Å². The molecule has 0 aliphatic rings. The van der Waals surface area contributed by atoms with Gasteiger partial charge in [0.15, 0.2) is 5.13 Å². The number of aromatic nitrogens is 1. The first-order chi connectivity index (χ1) is 12.2. The number of rotatable bonds is 7. The smallest absolute Gasteiger partial charge is 0.230 e. The van der Waals surface area contributed by atoms with E-state index in [1.165, 1.54) is 11.3 Å². The molecular weight excluding hydrogens is 354 g/mol. The van der Waals surface area contributed by atoms with Crippen LogP contribution in [0.2, 0.25) is 0 Å². The highest BCUT2D eigenvalue weighted by atomic mass is 32.1. The molecule has 7 heteroatoms. The first-order valence-electron chi connectivity index (χ1n) is 7.76. The van der Waals surface area contributed by atoms with Crippen LogP contribution in [0.25, 0.3) is 0 Å². The van der Waals surface area contributed by atoms with E-state index in [-0.39, 0.29) is 18.2 Å². The van der Waals surface area contributed by atoms with E-state index in [2.05, 4.69) is 15.6 Å². The lowest BCUT2D eigenvalue weighted by Crippen LogP contribution is -2.24.